The lowest BCUT2D eigenvalue weighted by atomic mass is 9.90. The van der Waals surface area contributed by atoms with Crippen molar-refractivity contribution in [1.82, 2.24) is 5.32 Å². The molecule has 0 spiro atoms. The number of hydrogen-bond donors (Lipinski definition) is 8. The lowest BCUT2D eigenvalue weighted by Crippen LogP contribution is -2.64. The van der Waals surface area contributed by atoms with Crippen LogP contribution in [0.25, 0.3) is 32.3 Å². The number of ether oxygens (including phenoxy) is 4. The molecule has 10 atom stereocenters. The van der Waals surface area contributed by atoms with Crippen LogP contribution in [0.2, 0.25) is 0 Å². The van der Waals surface area contributed by atoms with Gasteiger partial charge < -0.3 is 60.0 Å². The third-order valence-corrected chi connectivity index (χ3v) is 9.86. The van der Waals surface area contributed by atoms with Gasteiger partial charge in [0, 0.05) is 19.6 Å². The quantitative estimate of drug-likeness (QED) is 0.0643. The van der Waals surface area contributed by atoms with Crippen molar-refractivity contribution in [3.05, 3.63) is 60.2 Å². The second-order valence-corrected chi connectivity index (χ2v) is 13.2. The van der Waals surface area contributed by atoms with Gasteiger partial charge in [0.1, 0.15) is 48.8 Å². The van der Waals surface area contributed by atoms with Gasteiger partial charge in [-0.1, -0.05) is 54.6 Å². The van der Waals surface area contributed by atoms with Crippen LogP contribution in [0, 0.1) is 0 Å². The van der Waals surface area contributed by atoms with Gasteiger partial charge in [0.05, 0.1) is 13.2 Å². The molecule has 0 bridgehead atoms. The largest absolute Gasteiger partial charge is 0.394 e. The Labute approximate surface area is 289 Å². The molecule has 2 aliphatic heterocycles. The van der Waals surface area contributed by atoms with Crippen molar-refractivity contribution in [2.75, 3.05) is 26.4 Å². The van der Waals surface area contributed by atoms with E-state index in [4.69, 9.17) is 18.9 Å². The molecule has 2 aliphatic rings. The molecule has 0 aromatic heterocycles. The fourth-order valence-corrected chi connectivity index (χ4v) is 7.06. The highest BCUT2D eigenvalue weighted by Crippen LogP contribution is 2.36. The molecule has 1 amide bonds. The van der Waals surface area contributed by atoms with Gasteiger partial charge in [0.15, 0.2) is 12.6 Å². The fraction of sp³-hybridized carbons (Fsp3) is 0.541. The molecule has 0 aliphatic carbocycles. The monoisotopic (exact) mass is 697 g/mol. The Kier molecular flexibility index (Phi) is 12.1. The average molecular weight is 698 g/mol. The van der Waals surface area contributed by atoms with Gasteiger partial charge >= 0.3 is 0 Å². The van der Waals surface area contributed by atoms with E-state index in [0.717, 1.165) is 12.8 Å². The molecule has 4 aromatic carbocycles. The maximum atomic E-state index is 12.6. The predicted molar refractivity (Wildman–Crippen MR) is 182 cm³/mol. The molecular weight excluding hydrogens is 650 g/mol. The molecular formula is C37H47NO12. The van der Waals surface area contributed by atoms with Gasteiger partial charge in [-0.05, 0) is 70.0 Å². The Hall–Kier alpha value is -3.05. The van der Waals surface area contributed by atoms with Crippen LogP contribution in [0.3, 0.4) is 0 Å². The van der Waals surface area contributed by atoms with Crippen LogP contribution in [0.15, 0.2) is 54.6 Å². The number of aliphatic hydroxyl groups excluding tert-OH is 7. The third kappa shape index (κ3) is 7.73. The zero-order valence-corrected chi connectivity index (χ0v) is 27.7. The molecule has 13 nitrogen and oxygen atoms in total. The molecule has 2 heterocycles. The van der Waals surface area contributed by atoms with E-state index >= 15 is 0 Å². The van der Waals surface area contributed by atoms with Gasteiger partial charge in [-0.25, -0.2) is 0 Å². The van der Waals surface area contributed by atoms with Crippen LogP contribution in [-0.4, -0.2) is 129 Å². The minimum atomic E-state index is -1.75. The number of carbonyl (C=O) groups is 1. The molecule has 13 heteroatoms. The second-order valence-electron chi connectivity index (χ2n) is 13.2. The van der Waals surface area contributed by atoms with Crippen LogP contribution in [0.1, 0.15) is 37.7 Å². The second kappa shape index (κ2) is 16.5. The number of aryl methyl sites for hydroxylation is 1. The summed E-state index contributed by atoms with van der Waals surface area (Å²) in [6.45, 7) is -0.633. The molecule has 0 saturated carbocycles. The summed E-state index contributed by atoms with van der Waals surface area (Å²) in [5, 5.41) is 81.5. The van der Waals surface area contributed by atoms with Crippen molar-refractivity contribution in [3.8, 4) is 0 Å². The number of unbranched alkanes of at least 4 members (excludes halogenated alkanes) is 2. The standard InChI is InChI=1S/C37H47NO12/c39-18-25-30(42)32(44)33(45)37(49-25)50-35-31(43)26(19-40)48-36(34(35)46)47-17-3-1-2-16-38-27(41)9-5-6-20-10-11-23-13-12-21-7-4-8-22-14-15-24(20)29(23)28(21)22/h4,7-8,10-15,25-26,30-37,39-40,42-46H,1-3,5-6,9,16-19H2,(H,38,41)/t25-,26-,30-,31-,32+,33-,34-,35+,36+,37-/m1/s1. The maximum absolute atomic E-state index is 12.6. The number of amides is 1. The van der Waals surface area contributed by atoms with Gasteiger partial charge in [-0.3, -0.25) is 4.79 Å². The van der Waals surface area contributed by atoms with E-state index in [1.54, 1.807) is 0 Å². The van der Waals surface area contributed by atoms with Crippen molar-refractivity contribution in [3.63, 3.8) is 0 Å². The fourth-order valence-electron chi connectivity index (χ4n) is 7.06. The zero-order valence-electron chi connectivity index (χ0n) is 27.7. The van der Waals surface area contributed by atoms with Crippen molar-refractivity contribution in [1.29, 1.82) is 0 Å². The lowest BCUT2D eigenvalue weighted by molar-refractivity contribution is -0.360. The highest BCUT2D eigenvalue weighted by atomic mass is 16.7. The molecule has 0 unspecified atom stereocenters. The van der Waals surface area contributed by atoms with Crippen LogP contribution >= 0.6 is 0 Å². The topological polar surface area (TPSA) is 208 Å². The molecule has 8 N–H and O–H groups in total. The molecule has 0 radical (unpaired) electrons. The van der Waals surface area contributed by atoms with E-state index < -0.39 is 74.6 Å². The van der Waals surface area contributed by atoms with Crippen molar-refractivity contribution in [2.45, 2.75) is 99.9 Å². The van der Waals surface area contributed by atoms with Gasteiger partial charge in [0.25, 0.3) is 0 Å². The summed E-state index contributed by atoms with van der Waals surface area (Å²) in [7, 11) is 0. The molecule has 6 rings (SSSR count). The number of nitrogens with one attached hydrogen (secondary N) is 1. The minimum Gasteiger partial charge on any atom is -0.394 e. The Morgan fingerprint density at radius 1 is 0.680 bits per heavy atom. The molecule has 272 valence electrons. The summed E-state index contributed by atoms with van der Waals surface area (Å²) < 4.78 is 22.2. The van der Waals surface area contributed by atoms with Gasteiger partial charge in [-0.2, -0.15) is 0 Å². The van der Waals surface area contributed by atoms with Crippen molar-refractivity contribution < 1.29 is 59.5 Å². The van der Waals surface area contributed by atoms with Crippen LogP contribution < -0.4 is 5.32 Å². The first kappa shape index (κ1) is 36.7. The number of hydrogen-bond acceptors (Lipinski definition) is 12. The van der Waals surface area contributed by atoms with Crippen LogP contribution in [0.5, 0.6) is 0 Å². The first-order valence-electron chi connectivity index (χ1n) is 17.3. The highest BCUT2D eigenvalue weighted by Gasteiger charge is 2.50. The average Bonchev–Trinajstić information content (AvgIpc) is 3.13. The molecule has 50 heavy (non-hydrogen) atoms. The minimum absolute atomic E-state index is 0.00302. The number of carbonyl (C=O) groups excluding carboxylic acids is 1. The molecule has 2 fully saturated rings. The molecule has 4 aromatic rings. The van der Waals surface area contributed by atoms with Gasteiger partial charge in [0.2, 0.25) is 5.91 Å². The van der Waals surface area contributed by atoms with Crippen molar-refractivity contribution in [2.24, 2.45) is 0 Å². The number of benzene rings is 4. The first-order chi connectivity index (χ1) is 24.2. The summed E-state index contributed by atoms with van der Waals surface area (Å²) in [5.41, 5.74) is 1.24. The van der Waals surface area contributed by atoms with Crippen molar-refractivity contribution >= 4 is 38.2 Å². The Balaban J connectivity index is 0.907. The van der Waals surface area contributed by atoms with Crippen LogP contribution in [-0.2, 0) is 30.2 Å². The Morgan fingerprint density at radius 3 is 2.08 bits per heavy atom. The smallest absolute Gasteiger partial charge is 0.220 e. The van der Waals surface area contributed by atoms with E-state index in [2.05, 4.69) is 59.9 Å². The summed E-state index contributed by atoms with van der Waals surface area (Å²) in [6.07, 6.45) is -11.0. The Bertz CT molecular complexity index is 1690. The van der Waals surface area contributed by atoms with E-state index in [1.807, 2.05) is 0 Å². The summed E-state index contributed by atoms with van der Waals surface area (Å²) >= 11 is 0. The number of aliphatic hydroxyl groups is 7. The third-order valence-electron chi connectivity index (χ3n) is 9.86. The molecule has 2 saturated heterocycles. The summed E-state index contributed by atoms with van der Waals surface area (Å²) in [5.74, 6) is -0.00302. The maximum Gasteiger partial charge on any atom is 0.220 e. The first-order valence-corrected chi connectivity index (χ1v) is 17.3. The van der Waals surface area contributed by atoms with Gasteiger partial charge in [-0.15, -0.1) is 0 Å². The lowest BCUT2D eigenvalue weighted by Gasteiger charge is -2.45. The normalized spacial score (nSPS) is 30.4. The van der Waals surface area contributed by atoms with E-state index in [0.29, 0.717) is 32.2 Å². The predicted octanol–water partition coefficient (Wildman–Crippen LogP) is 0.834. The van der Waals surface area contributed by atoms with Crippen LogP contribution in [0.4, 0.5) is 0 Å². The summed E-state index contributed by atoms with van der Waals surface area (Å²) in [6, 6.07) is 19.4. The highest BCUT2D eigenvalue weighted by molar-refractivity contribution is 6.23. The van der Waals surface area contributed by atoms with E-state index in [1.165, 1.54) is 37.9 Å². The Morgan fingerprint density at radius 2 is 1.34 bits per heavy atom. The summed E-state index contributed by atoms with van der Waals surface area (Å²) in [4.78, 5) is 12.6. The number of rotatable bonds is 15. The van der Waals surface area contributed by atoms with E-state index in [9.17, 15) is 40.5 Å². The zero-order chi connectivity index (χ0) is 35.4. The SMILES string of the molecule is O=C(CCCc1ccc2ccc3cccc4ccc1c2c34)NCCCCCO[C@H]1O[C@H](CO)[C@@H](O)[C@H](O[C@H]2O[C@H](CO)[C@@H](O)[C@H](O)[C@H]2O)[C@H]1O. The van der Waals surface area contributed by atoms with E-state index in [-0.39, 0.29) is 12.5 Å².